The second-order valence-corrected chi connectivity index (χ2v) is 4.75. The summed E-state index contributed by atoms with van der Waals surface area (Å²) in [6.07, 6.45) is 1.07. The number of benzene rings is 1. The summed E-state index contributed by atoms with van der Waals surface area (Å²) < 4.78 is 13.0. The molecule has 0 bridgehead atoms. The first-order valence-corrected chi connectivity index (χ1v) is 5.77. The number of hydrogen-bond donors (Lipinski definition) is 2. The third kappa shape index (κ3) is 2.82. The first-order valence-electron chi connectivity index (χ1n) is 5.77. The van der Waals surface area contributed by atoms with Crippen LogP contribution in [0.15, 0.2) is 18.2 Å². The minimum absolute atomic E-state index is 0.0705. The van der Waals surface area contributed by atoms with Gasteiger partial charge < -0.3 is 10.6 Å². The number of hydrogen-bond acceptors (Lipinski definition) is 3. The summed E-state index contributed by atoms with van der Waals surface area (Å²) in [5, 5.41) is 15.7. The zero-order valence-electron chi connectivity index (χ0n) is 9.89. The molecule has 1 heterocycles. The van der Waals surface area contributed by atoms with E-state index in [-0.39, 0.29) is 11.4 Å². The molecule has 0 radical (unpaired) electrons. The Labute approximate surface area is 101 Å². The van der Waals surface area contributed by atoms with Crippen molar-refractivity contribution in [2.45, 2.75) is 25.4 Å². The lowest BCUT2D eigenvalue weighted by Crippen LogP contribution is -2.43. The molecule has 1 aliphatic rings. The largest absolute Gasteiger partial charge is 0.315 e. The van der Waals surface area contributed by atoms with E-state index in [1.165, 1.54) is 12.1 Å². The molecule has 3 nitrogen and oxygen atoms in total. The van der Waals surface area contributed by atoms with E-state index in [9.17, 15) is 4.39 Å². The van der Waals surface area contributed by atoms with Crippen molar-refractivity contribution in [3.8, 4) is 6.07 Å². The molecular formula is C13H16FN3. The molecule has 0 aliphatic carbocycles. The molecule has 1 aliphatic heterocycles. The summed E-state index contributed by atoms with van der Waals surface area (Å²) in [5.74, 6) is -0.362. The van der Waals surface area contributed by atoms with E-state index in [0.717, 1.165) is 25.1 Å². The van der Waals surface area contributed by atoms with Gasteiger partial charge in [0.15, 0.2) is 0 Å². The zero-order valence-corrected chi connectivity index (χ0v) is 9.89. The monoisotopic (exact) mass is 233 g/mol. The van der Waals surface area contributed by atoms with Crippen molar-refractivity contribution >= 4 is 0 Å². The van der Waals surface area contributed by atoms with Crippen LogP contribution in [0.4, 0.5) is 4.39 Å². The molecule has 17 heavy (non-hydrogen) atoms. The minimum atomic E-state index is -0.362. The lowest BCUT2D eigenvalue weighted by molar-refractivity contribution is 0.385. The zero-order chi connectivity index (χ0) is 12.3. The summed E-state index contributed by atoms with van der Waals surface area (Å²) in [6, 6.07) is 6.38. The lowest BCUT2D eigenvalue weighted by Gasteiger charge is -2.24. The molecule has 4 heteroatoms. The quantitative estimate of drug-likeness (QED) is 0.832. The van der Waals surface area contributed by atoms with Crippen LogP contribution in [0.25, 0.3) is 0 Å². The van der Waals surface area contributed by atoms with Crippen molar-refractivity contribution in [2.24, 2.45) is 0 Å². The van der Waals surface area contributed by atoms with Crippen molar-refractivity contribution in [2.75, 3.05) is 13.1 Å². The molecule has 1 fully saturated rings. The molecule has 1 aromatic carbocycles. The Morgan fingerprint density at radius 1 is 1.59 bits per heavy atom. The highest BCUT2D eigenvalue weighted by Gasteiger charge is 2.27. The molecule has 1 saturated heterocycles. The maximum atomic E-state index is 13.0. The van der Waals surface area contributed by atoms with E-state index in [4.69, 9.17) is 5.26 Å². The molecule has 90 valence electrons. The summed E-state index contributed by atoms with van der Waals surface area (Å²) in [4.78, 5) is 0. The fourth-order valence-corrected chi connectivity index (χ4v) is 2.08. The van der Waals surface area contributed by atoms with Crippen LogP contribution in [0.3, 0.4) is 0 Å². The molecule has 1 atom stereocenters. The van der Waals surface area contributed by atoms with Gasteiger partial charge in [0.25, 0.3) is 0 Å². The van der Waals surface area contributed by atoms with Gasteiger partial charge in [0.1, 0.15) is 5.82 Å². The number of nitrogens with one attached hydrogen (secondary N) is 2. The average molecular weight is 233 g/mol. The highest BCUT2D eigenvalue weighted by molar-refractivity contribution is 5.37. The Hall–Kier alpha value is -1.44. The average Bonchev–Trinajstić information content (AvgIpc) is 2.75. The molecule has 0 spiro atoms. The second-order valence-electron chi connectivity index (χ2n) is 4.75. The lowest BCUT2D eigenvalue weighted by atomic mass is 10.0. The van der Waals surface area contributed by atoms with Gasteiger partial charge in [0.05, 0.1) is 11.6 Å². The van der Waals surface area contributed by atoms with E-state index in [2.05, 4.69) is 17.6 Å². The van der Waals surface area contributed by atoms with Crippen molar-refractivity contribution in [1.82, 2.24) is 10.6 Å². The van der Waals surface area contributed by atoms with Gasteiger partial charge in [-0.1, -0.05) is 6.07 Å². The van der Waals surface area contributed by atoms with Crippen LogP contribution in [0.5, 0.6) is 0 Å². The fourth-order valence-electron chi connectivity index (χ4n) is 2.08. The number of halogens is 1. The smallest absolute Gasteiger partial charge is 0.124 e. The SMILES string of the molecule is CC1(NCc2ccc(F)cc2C#N)CCNC1. The van der Waals surface area contributed by atoms with Crippen LogP contribution < -0.4 is 10.6 Å². The summed E-state index contributed by atoms with van der Waals surface area (Å²) in [5.41, 5.74) is 1.33. The number of nitriles is 1. The van der Waals surface area contributed by atoms with E-state index in [0.29, 0.717) is 12.1 Å². The highest BCUT2D eigenvalue weighted by Crippen LogP contribution is 2.16. The van der Waals surface area contributed by atoms with Gasteiger partial charge in [-0.15, -0.1) is 0 Å². The van der Waals surface area contributed by atoms with Gasteiger partial charge >= 0.3 is 0 Å². The van der Waals surface area contributed by atoms with E-state index in [1.54, 1.807) is 6.07 Å². The molecule has 0 amide bonds. The van der Waals surface area contributed by atoms with Crippen LogP contribution in [0, 0.1) is 17.1 Å². The van der Waals surface area contributed by atoms with Gasteiger partial charge in [-0.2, -0.15) is 5.26 Å². The minimum Gasteiger partial charge on any atom is -0.315 e. The van der Waals surface area contributed by atoms with Gasteiger partial charge in [-0.05, 0) is 37.6 Å². The Bertz CT molecular complexity index is 444. The summed E-state index contributed by atoms with van der Waals surface area (Å²) >= 11 is 0. The van der Waals surface area contributed by atoms with Crippen LogP contribution in [0.1, 0.15) is 24.5 Å². The van der Waals surface area contributed by atoms with Crippen molar-refractivity contribution < 1.29 is 4.39 Å². The van der Waals surface area contributed by atoms with Crippen LogP contribution >= 0.6 is 0 Å². The predicted octanol–water partition coefficient (Wildman–Crippen LogP) is 1.54. The van der Waals surface area contributed by atoms with Gasteiger partial charge in [0, 0.05) is 18.6 Å². The number of rotatable bonds is 3. The van der Waals surface area contributed by atoms with E-state index < -0.39 is 0 Å². The Kier molecular flexibility index (Phi) is 3.41. The summed E-state index contributed by atoms with van der Waals surface area (Å²) in [6.45, 7) is 4.69. The maximum absolute atomic E-state index is 13.0. The first kappa shape index (κ1) is 12.0. The predicted molar refractivity (Wildman–Crippen MR) is 63.8 cm³/mol. The molecule has 2 N–H and O–H groups in total. The molecule has 1 aromatic rings. The number of nitrogens with zero attached hydrogens (tertiary/aromatic N) is 1. The van der Waals surface area contributed by atoms with E-state index >= 15 is 0 Å². The standard InChI is InChI=1S/C13H16FN3/c1-13(4-5-16-9-13)17-8-10-2-3-12(14)6-11(10)7-15/h2-3,6,16-17H,4-5,8-9H2,1H3. The molecular weight excluding hydrogens is 217 g/mol. The van der Waals surface area contributed by atoms with Gasteiger partial charge in [0.2, 0.25) is 0 Å². The second kappa shape index (κ2) is 4.82. The third-order valence-corrected chi connectivity index (χ3v) is 3.27. The molecule has 0 saturated carbocycles. The highest BCUT2D eigenvalue weighted by atomic mass is 19.1. The topological polar surface area (TPSA) is 47.9 Å². The Balaban J connectivity index is 2.06. The Morgan fingerprint density at radius 2 is 2.41 bits per heavy atom. The van der Waals surface area contributed by atoms with Crippen LogP contribution in [-0.4, -0.2) is 18.6 Å². The molecule has 2 rings (SSSR count). The van der Waals surface area contributed by atoms with Crippen molar-refractivity contribution in [3.63, 3.8) is 0 Å². The van der Waals surface area contributed by atoms with Crippen LogP contribution in [-0.2, 0) is 6.54 Å². The van der Waals surface area contributed by atoms with Crippen LogP contribution in [0.2, 0.25) is 0 Å². The van der Waals surface area contributed by atoms with Gasteiger partial charge in [-0.3, -0.25) is 0 Å². The first-order chi connectivity index (χ1) is 8.13. The van der Waals surface area contributed by atoms with Crippen molar-refractivity contribution in [3.05, 3.63) is 35.1 Å². The van der Waals surface area contributed by atoms with Crippen molar-refractivity contribution in [1.29, 1.82) is 5.26 Å². The third-order valence-electron chi connectivity index (χ3n) is 3.27. The molecule has 0 aromatic heterocycles. The fraction of sp³-hybridized carbons (Fsp3) is 0.462. The van der Waals surface area contributed by atoms with E-state index in [1.807, 2.05) is 6.07 Å². The summed E-state index contributed by atoms with van der Waals surface area (Å²) in [7, 11) is 0. The normalized spacial score (nSPS) is 23.6. The molecule has 1 unspecified atom stereocenters. The van der Waals surface area contributed by atoms with Gasteiger partial charge in [-0.25, -0.2) is 4.39 Å². The maximum Gasteiger partial charge on any atom is 0.124 e. The Morgan fingerprint density at radius 3 is 3.06 bits per heavy atom.